The number of amides is 1. The van der Waals surface area contributed by atoms with Gasteiger partial charge in [-0.3, -0.25) is 20.2 Å². The Balaban J connectivity index is 1.64. The first-order chi connectivity index (χ1) is 13.9. The van der Waals surface area contributed by atoms with Crippen LogP contribution in [0.2, 0.25) is 0 Å². The van der Waals surface area contributed by atoms with E-state index in [1.807, 2.05) is 7.05 Å². The van der Waals surface area contributed by atoms with Crippen molar-refractivity contribution in [2.24, 2.45) is 0 Å². The molecule has 0 saturated carbocycles. The Hall–Kier alpha value is -3.24. The molecule has 8 nitrogen and oxygen atoms in total. The van der Waals surface area contributed by atoms with E-state index in [1.165, 1.54) is 47.7 Å². The Kier molecular flexibility index (Phi) is 5.03. The van der Waals surface area contributed by atoms with Crippen molar-refractivity contribution < 1.29 is 14.1 Å². The van der Waals surface area contributed by atoms with E-state index in [1.54, 1.807) is 0 Å². The summed E-state index contributed by atoms with van der Waals surface area (Å²) in [6.45, 7) is 1.56. The maximum atomic E-state index is 13.2. The van der Waals surface area contributed by atoms with Crippen LogP contribution < -0.4 is 5.32 Å². The van der Waals surface area contributed by atoms with E-state index in [2.05, 4.69) is 20.2 Å². The fourth-order valence-corrected chi connectivity index (χ4v) is 4.01. The Labute approximate surface area is 169 Å². The van der Waals surface area contributed by atoms with Gasteiger partial charge < -0.3 is 4.90 Å². The molecule has 1 aromatic carbocycles. The number of anilines is 1. The minimum absolute atomic E-state index is 0.174. The van der Waals surface area contributed by atoms with Crippen LogP contribution in [0.5, 0.6) is 0 Å². The average Bonchev–Trinajstić information content (AvgIpc) is 3.11. The number of benzene rings is 1. The number of nitrogens with zero attached hydrogens (tertiary/aromatic N) is 4. The molecular formula is C19H16FN5O3S. The fourth-order valence-electron chi connectivity index (χ4n) is 3.06. The number of carbonyl (C=O) groups is 1. The predicted octanol–water partition coefficient (Wildman–Crippen LogP) is 3.49. The monoisotopic (exact) mass is 413 g/mol. The number of fused-ring (bicyclic) bond motifs is 1. The van der Waals surface area contributed by atoms with Crippen molar-refractivity contribution in [3.63, 3.8) is 0 Å². The van der Waals surface area contributed by atoms with Crippen molar-refractivity contribution in [1.82, 2.24) is 14.9 Å². The van der Waals surface area contributed by atoms with Crippen molar-refractivity contribution in [3.05, 3.63) is 67.9 Å². The molecule has 0 fully saturated rings. The van der Waals surface area contributed by atoms with Crippen LogP contribution in [0.25, 0.3) is 11.3 Å². The number of carbonyl (C=O) groups excluding carboxylic acids is 1. The number of nitrogens with one attached hydrogen (secondary N) is 1. The first-order valence-corrected chi connectivity index (χ1v) is 9.62. The molecule has 0 bridgehead atoms. The van der Waals surface area contributed by atoms with Gasteiger partial charge in [-0.25, -0.2) is 14.4 Å². The van der Waals surface area contributed by atoms with Crippen LogP contribution in [0.1, 0.15) is 20.4 Å². The quantitative estimate of drug-likeness (QED) is 0.519. The molecule has 4 rings (SSSR count). The summed E-state index contributed by atoms with van der Waals surface area (Å²) in [6.07, 6.45) is 0.815. The number of likely N-dealkylation sites (N-methyl/N-ethyl adjacent to an activating group) is 1. The number of hydrogen-bond acceptors (Lipinski definition) is 7. The molecule has 3 heterocycles. The van der Waals surface area contributed by atoms with Crippen LogP contribution in [0, 0.1) is 15.9 Å². The SMILES string of the molecule is CN1CCc2sc(C(=O)Nc3nc(-c4ccc(F)cc4)ccc3[N+](=O)[O-])nc2C1. The van der Waals surface area contributed by atoms with Crippen LogP contribution in [-0.2, 0) is 13.0 Å². The topological polar surface area (TPSA) is 101 Å². The van der Waals surface area contributed by atoms with Gasteiger partial charge in [-0.05, 0) is 43.8 Å². The van der Waals surface area contributed by atoms with Gasteiger partial charge in [-0.1, -0.05) is 0 Å². The van der Waals surface area contributed by atoms with Crippen LogP contribution in [-0.4, -0.2) is 39.3 Å². The second kappa shape index (κ2) is 7.64. The van der Waals surface area contributed by atoms with Gasteiger partial charge in [0, 0.05) is 29.6 Å². The van der Waals surface area contributed by atoms with E-state index >= 15 is 0 Å². The lowest BCUT2D eigenvalue weighted by atomic mass is 10.1. The van der Waals surface area contributed by atoms with Gasteiger partial charge in [-0.15, -0.1) is 11.3 Å². The second-order valence-electron chi connectivity index (χ2n) is 6.66. The minimum atomic E-state index is -0.612. The zero-order chi connectivity index (χ0) is 20.5. The molecule has 2 aromatic heterocycles. The highest BCUT2D eigenvalue weighted by Gasteiger charge is 2.24. The van der Waals surface area contributed by atoms with E-state index in [0.717, 1.165) is 23.5 Å². The summed E-state index contributed by atoms with van der Waals surface area (Å²) in [4.78, 5) is 35.2. The Morgan fingerprint density at radius 2 is 2.00 bits per heavy atom. The zero-order valence-corrected chi connectivity index (χ0v) is 16.2. The smallest absolute Gasteiger partial charge is 0.300 e. The predicted molar refractivity (Wildman–Crippen MR) is 106 cm³/mol. The molecule has 0 spiro atoms. The molecule has 1 amide bonds. The minimum Gasteiger partial charge on any atom is -0.300 e. The van der Waals surface area contributed by atoms with E-state index in [9.17, 15) is 19.3 Å². The average molecular weight is 413 g/mol. The Morgan fingerprint density at radius 3 is 2.72 bits per heavy atom. The van der Waals surface area contributed by atoms with Gasteiger partial charge in [0.25, 0.3) is 5.91 Å². The lowest BCUT2D eigenvalue weighted by molar-refractivity contribution is -0.384. The normalized spacial score (nSPS) is 13.7. The van der Waals surface area contributed by atoms with Crippen molar-refractivity contribution >= 4 is 28.7 Å². The standard InChI is InChI=1S/C19H16FN5O3S/c1-24-9-8-16-14(10-24)22-19(29-16)18(26)23-17-15(25(27)28)7-6-13(21-17)11-2-4-12(20)5-3-11/h2-7H,8-10H2,1H3,(H,21,23,26). The number of halogens is 1. The molecule has 1 N–H and O–H groups in total. The van der Waals surface area contributed by atoms with E-state index < -0.39 is 16.6 Å². The van der Waals surface area contributed by atoms with Crippen LogP contribution in [0.3, 0.4) is 0 Å². The maximum Gasteiger partial charge on any atom is 0.311 e. The highest BCUT2D eigenvalue weighted by Crippen LogP contribution is 2.29. The molecule has 10 heteroatoms. The fraction of sp³-hybridized carbons (Fsp3) is 0.211. The first-order valence-electron chi connectivity index (χ1n) is 8.80. The lowest BCUT2D eigenvalue weighted by Crippen LogP contribution is -2.25. The number of nitro groups is 1. The molecule has 0 aliphatic carbocycles. The molecule has 1 aliphatic rings. The van der Waals surface area contributed by atoms with Crippen LogP contribution >= 0.6 is 11.3 Å². The summed E-state index contributed by atoms with van der Waals surface area (Å²) in [5.41, 5.74) is 1.48. The summed E-state index contributed by atoms with van der Waals surface area (Å²) < 4.78 is 13.2. The molecule has 148 valence electrons. The summed E-state index contributed by atoms with van der Waals surface area (Å²) in [6, 6.07) is 8.30. The summed E-state index contributed by atoms with van der Waals surface area (Å²) in [7, 11) is 1.98. The third-order valence-corrected chi connectivity index (χ3v) is 5.71. The highest BCUT2D eigenvalue weighted by molar-refractivity contribution is 7.13. The molecule has 1 aliphatic heterocycles. The molecule has 29 heavy (non-hydrogen) atoms. The number of thiazole rings is 1. The van der Waals surface area contributed by atoms with Crippen molar-refractivity contribution in [3.8, 4) is 11.3 Å². The summed E-state index contributed by atoms with van der Waals surface area (Å²) >= 11 is 1.29. The number of pyridine rings is 1. The lowest BCUT2D eigenvalue weighted by Gasteiger charge is -2.20. The molecular weight excluding hydrogens is 397 g/mol. The van der Waals surface area contributed by atoms with Gasteiger partial charge in [0.1, 0.15) is 5.82 Å². The molecule has 3 aromatic rings. The largest absolute Gasteiger partial charge is 0.311 e. The van der Waals surface area contributed by atoms with E-state index in [4.69, 9.17) is 0 Å². The van der Waals surface area contributed by atoms with Gasteiger partial charge in [0.05, 0.1) is 16.3 Å². The third-order valence-electron chi connectivity index (χ3n) is 4.56. The second-order valence-corrected chi connectivity index (χ2v) is 7.74. The van der Waals surface area contributed by atoms with Gasteiger partial charge in [-0.2, -0.15) is 0 Å². The van der Waals surface area contributed by atoms with E-state index in [0.29, 0.717) is 17.8 Å². The van der Waals surface area contributed by atoms with Gasteiger partial charge >= 0.3 is 5.69 Å². The zero-order valence-electron chi connectivity index (χ0n) is 15.4. The van der Waals surface area contributed by atoms with E-state index in [-0.39, 0.29) is 16.5 Å². The number of hydrogen-bond donors (Lipinski definition) is 1. The first kappa shape index (κ1) is 19.1. The number of rotatable bonds is 4. The van der Waals surface area contributed by atoms with Gasteiger partial charge in [0.15, 0.2) is 5.01 Å². The third kappa shape index (κ3) is 3.98. The Morgan fingerprint density at radius 1 is 1.24 bits per heavy atom. The van der Waals surface area contributed by atoms with Crippen molar-refractivity contribution in [2.45, 2.75) is 13.0 Å². The van der Waals surface area contributed by atoms with Crippen molar-refractivity contribution in [2.75, 3.05) is 18.9 Å². The summed E-state index contributed by atoms with van der Waals surface area (Å²) in [5, 5.41) is 14.1. The molecule has 0 radical (unpaired) electrons. The molecule has 0 unspecified atom stereocenters. The van der Waals surface area contributed by atoms with Crippen LogP contribution in [0.15, 0.2) is 36.4 Å². The Bertz CT molecular complexity index is 1100. The van der Waals surface area contributed by atoms with Gasteiger partial charge in [0.2, 0.25) is 5.82 Å². The summed E-state index contributed by atoms with van der Waals surface area (Å²) in [5.74, 6) is -1.12. The van der Waals surface area contributed by atoms with Crippen LogP contribution in [0.4, 0.5) is 15.9 Å². The maximum absolute atomic E-state index is 13.2. The molecule has 0 atom stereocenters. The van der Waals surface area contributed by atoms with Crippen molar-refractivity contribution in [1.29, 1.82) is 0 Å². The highest BCUT2D eigenvalue weighted by atomic mass is 32.1. The molecule has 0 saturated heterocycles. The number of aromatic nitrogens is 2.